The highest BCUT2D eigenvalue weighted by Gasteiger charge is 2.53. The first kappa shape index (κ1) is 13.1. The van der Waals surface area contributed by atoms with E-state index in [0.717, 1.165) is 11.1 Å². The number of rotatable bonds is 5. The van der Waals surface area contributed by atoms with Gasteiger partial charge in [0.2, 0.25) is 0 Å². The van der Waals surface area contributed by atoms with Crippen molar-refractivity contribution in [2.24, 2.45) is 11.3 Å². The minimum absolute atomic E-state index is 0.122. The first-order chi connectivity index (χ1) is 7.16. The van der Waals surface area contributed by atoms with Crippen molar-refractivity contribution in [2.75, 3.05) is 0 Å². The zero-order chi connectivity index (χ0) is 12.7. The zero-order valence-corrected chi connectivity index (χ0v) is 10.9. The summed E-state index contributed by atoms with van der Waals surface area (Å²) in [6, 6.07) is 0. The molecule has 0 saturated heterocycles. The Bertz CT molecular complexity index is 359. The van der Waals surface area contributed by atoms with Crippen LogP contribution in [0.2, 0.25) is 0 Å². The van der Waals surface area contributed by atoms with Gasteiger partial charge >= 0.3 is 0 Å². The average Bonchev–Trinajstić information content (AvgIpc) is 2.69. The molecule has 0 amide bonds. The lowest BCUT2D eigenvalue weighted by molar-refractivity contribution is 0.160. The third-order valence-electron chi connectivity index (χ3n) is 3.57. The Labute approximate surface area is 97.9 Å². The molecule has 16 heavy (non-hydrogen) atoms. The molecule has 1 rings (SSSR count). The summed E-state index contributed by atoms with van der Waals surface area (Å²) in [5.41, 5.74) is 1.85. The molecular formula is C14H22FN. The highest BCUT2D eigenvalue weighted by Crippen LogP contribution is 2.60. The van der Waals surface area contributed by atoms with Crippen LogP contribution < -0.4 is 0 Å². The molecule has 2 atom stereocenters. The molecule has 0 aromatic heterocycles. The third-order valence-corrected chi connectivity index (χ3v) is 3.57. The lowest BCUT2D eigenvalue weighted by Gasteiger charge is -2.27. The van der Waals surface area contributed by atoms with Gasteiger partial charge in [0.15, 0.2) is 0 Å². The molecule has 0 saturated carbocycles. The van der Waals surface area contributed by atoms with E-state index in [1.807, 2.05) is 20.8 Å². The number of nitrogens with one attached hydrogen (secondary N) is 1. The maximum Gasteiger partial charge on any atom is 0.105 e. The summed E-state index contributed by atoms with van der Waals surface area (Å²) in [5, 5.41) is 7.63. The van der Waals surface area contributed by atoms with Crippen LogP contribution in [0.15, 0.2) is 23.3 Å². The fourth-order valence-electron chi connectivity index (χ4n) is 2.95. The Hall–Kier alpha value is -0.920. The smallest absolute Gasteiger partial charge is 0.105 e. The molecule has 1 nitrogen and oxygen atoms in total. The Balaban J connectivity index is 2.88. The molecule has 0 aromatic rings. The second kappa shape index (κ2) is 3.83. The average molecular weight is 223 g/mol. The van der Waals surface area contributed by atoms with E-state index in [1.54, 1.807) is 13.8 Å². The van der Waals surface area contributed by atoms with Crippen LogP contribution in [0, 0.1) is 16.7 Å². The summed E-state index contributed by atoms with van der Waals surface area (Å²) in [7, 11) is 0. The second-order valence-corrected chi connectivity index (χ2v) is 5.62. The van der Waals surface area contributed by atoms with Crippen LogP contribution in [0.1, 0.15) is 41.0 Å². The lowest BCUT2D eigenvalue weighted by Crippen LogP contribution is -2.27. The fourth-order valence-corrected chi connectivity index (χ4v) is 2.95. The molecule has 0 aromatic carbocycles. The van der Waals surface area contributed by atoms with Gasteiger partial charge in [-0.1, -0.05) is 24.6 Å². The molecule has 0 fully saturated rings. The Morgan fingerprint density at radius 3 is 2.38 bits per heavy atom. The second-order valence-electron chi connectivity index (χ2n) is 5.62. The lowest BCUT2D eigenvalue weighted by atomic mass is 9.78. The summed E-state index contributed by atoms with van der Waals surface area (Å²) >= 11 is 0. The normalized spacial score (nSPS) is 26.6. The molecule has 0 bridgehead atoms. The van der Waals surface area contributed by atoms with Crippen molar-refractivity contribution in [3.63, 3.8) is 0 Å². The number of hydrogen-bond acceptors (Lipinski definition) is 1. The topological polar surface area (TPSA) is 23.9 Å². The van der Waals surface area contributed by atoms with Crippen molar-refractivity contribution in [1.82, 2.24) is 0 Å². The maximum atomic E-state index is 13.7. The monoisotopic (exact) mass is 223 g/mol. The first-order valence-electron chi connectivity index (χ1n) is 5.75. The summed E-state index contributed by atoms with van der Waals surface area (Å²) in [4.78, 5) is 0. The van der Waals surface area contributed by atoms with Crippen LogP contribution in [0.3, 0.4) is 0 Å². The zero-order valence-electron chi connectivity index (χ0n) is 10.9. The predicted molar refractivity (Wildman–Crippen MR) is 67.7 cm³/mol. The van der Waals surface area contributed by atoms with Gasteiger partial charge in [-0.3, -0.25) is 0 Å². The molecule has 0 spiro atoms. The van der Waals surface area contributed by atoms with Crippen molar-refractivity contribution in [3.8, 4) is 0 Å². The minimum Gasteiger partial charge on any atom is -0.312 e. The van der Waals surface area contributed by atoms with Crippen molar-refractivity contribution in [2.45, 2.75) is 46.7 Å². The summed E-state index contributed by atoms with van der Waals surface area (Å²) in [5.74, 6) is 0.122. The highest BCUT2D eigenvalue weighted by atomic mass is 19.1. The fraction of sp³-hybridized carbons (Fsp3) is 0.643. The van der Waals surface area contributed by atoms with Gasteiger partial charge in [0, 0.05) is 6.21 Å². The third kappa shape index (κ3) is 1.98. The number of alkyl halides is 1. The van der Waals surface area contributed by atoms with Crippen LogP contribution >= 0.6 is 0 Å². The van der Waals surface area contributed by atoms with E-state index < -0.39 is 5.67 Å². The standard InChI is InChI=1S/C14H22FN/c1-9(2)12-11(4)14(12,8-16)10(3)7-13(5,6)15/h8,10,16H,1,7H2,2-6H3. The molecule has 2 heteroatoms. The number of halogens is 1. The van der Waals surface area contributed by atoms with E-state index >= 15 is 0 Å². The predicted octanol–water partition coefficient (Wildman–Crippen LogP) is 4.30. The number of hydrogen-bond donors (Lipinski definition) is 1. The van der Waals surface area contributed by atoms with Gasteiger partial charge in [-0.15, -0.1) is 0 Å². The van der Waals surface area contributed by atoms with Gasteiger partial charge in [-0.25, -0.2) is 4.39 Å². The van der Waals surface area contributed by atoms with E-state index in [2.05, 4.69) is 6.58 Å². The van der Waals surface area contributed by atoms with Crippen LogP contribution in [0.4, 0.5) is 4.39 Å². The molecule has 1 aliphatic rings. The quantitative estimate of drug-likeness (QED) is 0.672. The molecular weight excluding hydrogens is 201 g/mol. The number of allylic oxidation sites excluding steroid dienone is 3. The summed E-state index contributed by atoms with van der Waals surface area (Å²) < 4.78 is 13.7. The van der Waals surface area contributed by atoms with E-state index in [1.165, 1.54) is 11.8 Å². The molecule has 90 valence electrons. The van der Waals surface area contributed by atoms with E-state index in [9.17, 15) is 4.39 Å². The van der Waals surface area contributed by atoms with Crippen LogP contribution in [-0.2, 0) is 0 Å². The van der Waals surface area contributed by atoms with Gasteiger partial charge in [0.05, 0.1) is 5.41 Å². The largest absolute Gasteiger partial charge is 0.312 e. The van der Waals surface area contributed by atoms with Crippen molar-refractivity contribution in [1.29, 1.82) is 5.41 Å². The van der Waals surface area contributed by atoms with Gasteiger partial charge in [-0.05, 0) is 45.6 Å². The first-order valence-corrected chi connectivity index (χ1v) is 5.75. The SMILES string of the molecule is C=C(C)C1=C(C)C1(C=N)C(C)CC(C)(C)F. The Morgan fingerprint density at radius 1 is 1.62 bits per heavy atom. The molecule has 0 aliphatic heterocycles. The van der Waals surface area contributed by atoms with Crippen molar-refractivity contribution >= 4 is 6.21 Å². The Kier molecular flexibility index (Phi) is 3.15. The van der Waals surface area contributed by atoms with Gasteiger partial charge in [0.1, 0.15) is 5.67 Å². The summed E-state index contributed by atoms with van der Waals surface area (Å²) in [6.07, 6.45) is 1.93. The molecule has 1 N–H and O–H groups in total. The molecule has 0 heterocycles. The maximum absolute atomic E-state index is 13.7. The van der Waals surface area contributed by atoms with E-state index in [-0.39, 0.29) is 11.3 Å². The summed E-state index contributed by atoms with van der Waals surface area (Å²) in [6.45, 7) is 13.1. The molecule has 2 unspecified atom stereocenters. The van der Waals surface area contributed by atoms with Crippen LogP contribution in [0.25, 0.3) is 0 Å². The Morgan fingerprint density at radius 2 is 2.12 bits per heavy atom. The van der Waals surface area contributed by atoms with Gasteiger partial charge < -0.3 is 5.41 Å². The highest BCUT2D eigenvalue weighted by molar-refractivity contribution is 5.85. The van der Waals surface area contributed by atoms with Crippen LogP contribution in [0.5, 0.6) is 0 Å². The van der Waals surface area contributed by atoms with E-state index in [0.29, 0.717) is 6.42 Å². The molecule has 0 radical (unpaired) electrons. The van der Waals surface area contributed by atoms with Gasteiger partial charge in [0.25, 0.3) is 0 Å². The van der Waals surface area contributed by atoms with E-state index in [4.69, 9.17) is 5.41 Å². The van der Waals surface area contributed by atoms with Crippen molar-refractivity contribution < 1.29 is 4.39 Å². The van der Waals surface area contributed by atoms with Crippen LogP contribution in [-0.4, -0.2) is 11.9 Å². The molecule has 1 aliphatic carbocycles. The van der Waals surface area contributed by atoms with Crippen molar-refractivity contribution in [3.05, 3.63) is 23.3 Å². The minimum atomic E-state index is -1.18. The van der Waals surface area contributed by atoms with Gasteiger partial charge in [-0.2, -0.15) is 0 Å².